The van der Waals surface area contributed by atoms with E-state index in [1.807, 2.05) is 12.1 Å². The summed E-state index contributed by atoms with van der Waals surface area (Å²) in [6.45, 7) is 2.17. The fraction of sp³-hybridized carbons (Fsp3) is 0.500. The van der Waals surface area contributed by atoms with Crippen LogP contribution >= 0.6 is 28.3 Å². The molecule has 2 nitrogen and oxygen atoms in total. The topological polar surface area (TPSA) is 46.2 Å². The van der Waals surface area contributed by atoms with Crippen LogP contribution in [0.3, 0.4) is 0 Å². The van der Waals surface area contributed by atoms with Gasteiger partial charge < -0.3 is 10.8 Å². The van der Waals surface area contributed by atoms with Crippen LogP contribution in [0.4, 0.5) is 0 Å². The lowest BCUT2D eigenvalue weighted by atomic mass is 10.0. The van der Waals surface area contributed by atoms with Crippen molar-refractivity contribution in [2.24, 2.45) is 5.73 Å². The van der Waals surface area contributed by atoms with E-state index >= 15 is 0 Å². The van der Waals surface area contributed by atoms with Gasteiger partial charge in [0.25, 0.3) is 0 Å². The van der Waals surface area contributed by atoms with Gasteiger partial charge in [-0.3, -0.25) is 0 Å². The fourth-order valence-corrected chi connectivity index (χ4v) is 1.97. The zero-order valence-electron chi connectivity index (χ0n) is 9.45. The maximum absolute atomic E-state index is 9.66. The summed E-state index contributed by atoms with van der Waals surface area (Å²) in [5.74, 6) is 0.294. The number of rotatable bonds is 5. The molecule has 0 aliphatic heterocycles. The molecule has 1 aromatic carbocycles. The van der Waals surface area contributed by atoms with Crippen molar-refractivity contribution in [2.75, 3.05) is 0 Å². The molecular weight excluding hydrogens is 289 g/mol. The summed E-state index contributed by atoms with van der Waals surface area (Å²) in [5.41, 5.74) is 6.86. The van der Waals surface area contributed by atoms with Gasteiger partial charge in [0.05, 0.1) is 0 Å². The number of aromatic hydroxyl groups is 1. The third-order valence-electron chi connectivity index (χ3n) is 2.51. The Kier molecular flexibility index (Phi) is 7.81. The van der Waals surface area contributed by atoms with Gasteiger partial charge in [0.1, 0.15) is 5.75 Å². The van der Waals surface area contributed by atoms with E-state index in [1.54, 1.807) is 6.07 Å². The quantitative estimate of drug-likeness (QED) is 0.802. The lowest BCUT2D eigenvalue weighted by Crippen LogP contribution is -2.10. The molecule has 1 atom stereocenters. The molecule has 0 fully saturated rings. The van der Waals surface area contributed by atoms with Gasteiger partial charge in [-0.25, -0.2) is 0 Å². The average molecular weight is 309 g/mol. The molecule has 0 amide bonds. The maximum atomic E-state index is 9.66. The van der Waals surface area contributed by atoms with Crippen LogP contribution in [0, 0.1) is 0 Å². The Morgan fingerprint density at radius 2 is 2.06 bits per heavy atom. The van der Waals surface area contributed by atoms with E-state index in [2.05, 4.69) is 22.9 Å². The lowest BCUT2D eigenvalue weighted by molar-refractivity contribution is 0.455. The first kappa shape index (κ1) is 15.8. The summed E-state index contributed by atoms with van der Waals surface area (Å²) in [5, 5.41) is 9.66. The summed E-state index contributed by atoms with van der Waals surface area (Å²) in [6.07, 6.45) is 4.43. The molecule has 0 radical (unpaired) electrons. The second-order valence-electron chi connectivity index (χ2n) is 3.81. The van der Waals surface area contributed by atoms with Crippen molar-refractivity contribution >= 4 is 28.3 Å². The highest BCUT2D eigenvalue weighted by Crippen LogP contribution is 2.28. The monoisotopic (exact) mass is 307 g/mol. The zero-order chi connectivity index (χ0) is 11.3. The Balaban J connectivity index is 0.00000225. The Morgan fingerprint density at radius 1 is 1.38 bits per heavy atom. The Labute approximate surface area is 112 Å². The average Bonchev–Trinajstić information content (AvgIpc) is 2.22. The molecule has 1 rings (SSSR count). The molecule has 16 heavy (non-hydrogen) atoms. The van der Waals surface area contributed by atoms with E-state index in [9.17, 15) is 5.11 Å². The number of unbranched alkanes of at least 4 members (excludes halogenated alkanes) is 2. The highest BCUT2D eigenvalue weighted by atomic mass is 79.9. The molecule has 0 bridgehead atoms. The first-order valence-corrected chi connectivity index (χ1v) is 6.18. The van der Waals surface area contributed by atoms with Crippen molar-refractivity contribution in [3.63, 3.8) is 0 Å². The summed E-state index contributed by atoms with van der Waals surface area (Å²) < 4.78 is 0.959. The van der Waals surface area contributed by atoms with E-state index in [1.165, 1.54) is 12.8 Å². The smallest absolute Gasteiger partial charge is 0.120 e. The van der Waals surface area contributed by atoms with E-state index in [0.717, 1.165) is 22.9 Å². The third kappa shape index (κ3) is 4.73. The lowest BCUT2D eigenvalue weighted by Gasteiger charge is -2.13. The predicted molar refractivity (Wildman–Crippen MR) is 74.1 cm³/mol. The van der Waals surface area contributed by atoms with Gasteiger partial charge >= 0.3 is 0 Å². The number of nitrogens with two attached hydrogens (primary N) is 1. The summed E-state index contributed by atoms with van der Waals surface area (Å²) in [7, 11) is 0. The molecular formula is C12H19BrClNO. The summed E-state index contributed by atoms with van der Waals surface area (Å²) in [4.78, 5) is 0. The van der Waals surface area contributed by atoms with Crippen LogP contribution in [0.1, 0.15) is 44.2 Å². The molecule has 0 aromatic heterocycles. The largest absolute Gasteiger partial charge is 0.508 e. The molecule has 0 spiro atoms. The van der Waals surface area contributed by atoms with E-state index in [0.29, 0.717) is 5.75 Å². The van der Waals surface area contributed by atoms with Crippen LogP contribution in [0.5, 0.6) is 5.75 Å². The number of benzene rings is 1. The molecule has 0 saturated heterocycles. The summed E-state index contributed by atoms with van der Waals surface area (Å²) >= 11 is 3.38. The molecule has 0 saturated carbocycles. The molecule has 0 heterocycles. The van der Waals surface area contributed by atoms with Crippen LogP contribution in [-0.2, 0) is 0 Å². The Bertz CT molecular complexity index is 320. The number of hydrogen-bond acceptors (Lipinski definition) is 2. The molecule has 4 heteroatoms. The highest BCUT2D eigenvalue weighted by molar-refractivity contribution is 9.10. The number of hydrogen-bond donors (Lipinski definition) is 2. The number of phenolic OH excluding ortho intramolecular Hbond substituents is 1. The number of halogens is 2. The minimum Gasteiger partial charge on any atom is -0.508 e. The molecule has 92 valence electrons. The Hall–Kier alpha value is -0.250. The first-order valence-electron chi connectivity index (χ1n) is 5.39. The van der Waals surface area contributed by atoms with Gasteiger partial charge in [0, 0.05) is 16.1 Å². The van der Waals surface area contributed by atoms with Crippen molar-refractivity contribution in [1.29, 1.82) is 0 Å². The van der Waals surface area contributed by atoms with Gasteiger partial charge in [-0.05, 0) is 24.6 Å². The van der Waals surface area contributed by atoms with Gasteiger partial charge in [-0.15, -0.1) is 12.4 Å². The van der Waals surface area contributed by atoms with Crippen molar-refractivity contribution < 1.29 is 5.11 Å². The molecule has 3 N–H and O–H groups in total. The van der Waals surface area contributed by atoms with Gasteiger partial charge in [-0.2, -0.15) is 0 Å². The second-order valence-corrected chi connectivity index (χ2v) is 4.72. The zero-order valence-corrected chi connectivity index (χ0v) is 11.9. The van der Waals surface area contributed by atoms with Crippen LogP contribution in [0.15, 0.2) is 22.7 Å². The normalized spacial score (nSPS) is 11.9. The van der Waals surface area contributed by atoms with Gasteiger partial charge in [-0.1, -0.05) is 42.1 Å². The molecule has 0 aliphatic carbocycles. The van der Waals surface area contributed by atoms with Crippen LogP contribution in [-0.4, -0.2) is 5.11 Å². The van der Waals surface area contributed by atoms with Crippen molar-refractivity contribution in [3.8, 4) is 5.75 Å². The standard InChI is InChI=1S/C12H18BrNO.ClH/c1-2-3-4-5-11(14)10-8-9(13)6-7-12(10)15;/h6-8,11,15H,2-5,14H2,1H3;1H/t11-;/m1./s1. The van der Waals surface area contributed by atoms with Crippen molar-refractivity contribution in [2.45, 2.75) is 38.6 Å². The molecule has 0 unspecified atom stereocenters. The minimum atomic E-state index is -0.0611. The number of phenols is 1. The van der Waals surface area contributed by atoms with Crippen LogP contribution in [0.2, 0.25) is 0 Å². The maximum Gasteiger partial charge on any atom is 0.120 e. The summed E-state index contributed by atoms with van der Waals surface area (Å²) in [6, 6.07) is 5.33. The second kappa shape index (κ2) is 7.93. The van der Waals surface area contributed by atoms with Crippen molar-refractivity contribution in [1.82, 2.24) is 0 Å². The first-order chi connectivity index (χ1) is 7.15. The van der Waals surface area contributed by atoms with Crippen LogP contribution in [0.25, 0.3) is 0 Å². The Morgan fingerprint density at radius 3 is 2.69 bits per heavy atom. The van der Waals surface area contributed by atoms with Crippen LogP contribution < -0.4 is 5.73 Å². The van der Waals surface area contributed by atoms with Gasteiger partial charge in [0.2, 0.25) is 0 Å². The van der Waals surface area contributed by atoms with E-state index in [-0.39, 0.29) is 18.4 Å². The minimum absolute atomic E-state index is 0. The van der Waals surface area contributed by atoms with Gasteiger partial charge in [0.15, 0.2) is 0 Å². The molecule has 1 aromatic rings. The third-order valence-corrected chi connectivity index (χ3v) is 3.00. The predicted octanol–water partition coefficient (Wildman–Crippen LogP) is 4.16. The van der Waals surface area contributed by atoms with Crippen molar-refractivity contribution in [3.05, 3.63) is 28.2 Å². The van der Waals surface area contributed by atoms with E-state index in [4.69, 9.17) is 5.73 Å². The SMILES string of the molecule is CCCCC[C@@H](N)c1cc(Br)ccc1O.Cl. The molecule has 0 aliphatic rings. The van der Waals surface area contributed by atoms with E-state index < -0.39 is 0 Å². The fourth-order valence-electron chi connectivity index (χ4n) is 1.59. The highest BCUT2D eigenvalue weighted by Gasteiger charge is 2.10.